The quantitative estimate of drug-likeness (QED) is 0.896. The van der Waals surface area contributed by atoms with E-state index >= 15 is 0 Å². The highest BCUT2D eigenvalue weighted by Gasteiger charge is 2.31. The molecule has 0 saturated carbocycles. The third-order valence-electron chi connectivity index (χ3n) is 3.11. The van der Waals surface area contributed by atoms with Crippen LogP contribution >= 0.6 is 24.0 Å². The van der Waals surface area contributed by atoms with Crippen LogP contribution in [0.1, 0.15) is 25.0 Å². The van der Waals surface area contributed by atoms with Crippen LogP contribution in [0.5, 0.6) is 0 Å². The third-order valence-corrected chi connectivity index (χ3v) is 3.41. The molecule has 0 aromatic heterocycles. The van der Waals surface area contributed by atoms with Crippen molar-refractivity contribution in [3.63, 3.8) is 0 Å². The summed E-state index contributed by atoms with van der Waals surface area (Å²) in [6.45, 7) is 2.13. The molecule has 1 fully saturated rings. The van der Waals surface area contributed by atoms with Gasteiger partial charge in [0.2, 0.25) is 5.91 Å². The molecule has 2 rings (SSSR count). The predicted octanol–water partition coefficient (Wildman–Crippen LogP) is 2.19. The van der Waals surface area contributed by atoms with Gasteiger partial charge in [0.1, 0.15) is 11.9 Å². The molecule has 0 radical (unpaired) electrons. The third kappa shape index (κ3) is 3.82. The van der Waals surface area contributed by atoms with Crippen LogP contribution < -0.4 is 11.1 Å². The average molecular weight is 323 g/mol. The Balaban J connectivity index is 0.00000200. The first-order chi connectivity index (χ1) is 8.99. The van der Waals surface area contributed by atoms with Crippen LogP contribution in [0, 0.1) is 5.82 Å². The second-order valence-corrected chi connectivity index (χ2v) is 5.06. The van der Waals surface area contributed by atoms with Gasteiger partial charge >= 0.3 is 0 Å². The molecule has 3 N–H and O–H groups in total. The van der Waals surface area contributed by atoms with Gasteiger partial charge in [-0.05, 0) is 31.0 Å². The largest absolute Gasteiger partial charge is 0.371 e. The number of nitrogens with one attached hydrogen (secondary N) is 1. The Morgan fingerprint density at radius 1 is 1.60 bits per heavy atom. The van der Waals surface area contributed by atoms with Crippen molar-refractivity contribution in [2.24, 2.45) is 5.73 Å². The van der Waals surface area contributed by atoms with E-state index in [0.717, 1.165) is 0 Å². The van der Waals surface area contributed by atoms with E-state index in [1.54, 1.807) is 13.0 Å². The van der Waals surface area contributed by atoms with E-state index in [-0.39, 0.29) is 35.5 Å². The van der Waals surface area contributed by atoms with Gasteiger partial charge in [-0.2, -0.15) is 0 Å². The summed E-state index contributed by atoms with van der Waals surface area (Å²) in [4.78, 5) is 11.6. The number of hydrogen-bond donors (Lipinski definition) is 2. The van der Waals surface area contributed by atoms with E-state index in [1.165, 1.54) is 12.1 Å². The second-order valence-electron chi connectivity index (χ2n) is 4.66. The summed E-state index contributed by atoms with van der Waals surface area (Å²) >= 11 is 5.65. The molecule has 1 aromatic rings. The predicted molar refractivity (Wildman–Crippen MR) is 77.5 cm³/mol. The van der Waals surface area contributed by atoms with Gasteiger partial charge in [-0.25, -0.2) is 4.39 Å². The smallest absolute Gasteiger partial charge is 0.236 e. The Bertz CT molecular complexity index is 485. The molecule has 0 bridgehead atoms. The average Bonchev–Trinajstić information content (AvgIpc) is 2.80. The highest BCUT2D eigenvalue weighted by atomic mass is 35.5. The van der Waals surface area contributed by atoms with Crippen molar-refractivity contribution < 1.29 is 13.9 Å². The fourth-order valence-electron chi connectivity index (χ4n) is 2.07. The molecule has 0 aliphatic carbocycles. The van der Waals surface area contributed by atoms with Gasteiger partial charge in [-0.3, -0.25) is 4.79 Å². The standard InChI is InChI=1S/C13H16ClFN2O2.ClH/c1-7(16)13(18)17-11-4-5-19-12(11)8-2-3-9(14)10(15)6-8;/h2-3,6-7,11-12H,4-5,16H2,1H3,(H,17,18);1H. The molecule has 1 aliphatic rings. The lowest BCUT2D eigenvalue weighted by molar-refractivity contribution is -0.123. The molecule has 20 heavy (non-hydrogen) atoms. The molecule has 1 aliphatic heterocycles. The summed E-state index contributed by atoms with van der Waals surface area (Å²) in [7, 11) is 0. The molecule has 3 atom stereocenters. The number of halogens is 3. The first-order valence-corrected chi connectivity index (χ1v) is 6.49. The van der Waals surface area contributed by atoms with Crippen LogP contribution in [0.25, 0.3) is 0 Å². The van der Waals surface area contributed by atoms with Crippen LogP contribution in [0.2, 0.25) is 5.02 Å². The fourth-order valence-corrected chi connectivity index (χ4v) is 2.19. The Kier molecular flexibility index (Phi) is 6.20. The van der Waals surface area contributed by atoms with E-state index < -0.39 is 11.9 Å². The number of hydrogen-bond acceptors (Lipinski definition) is 3. The Labute approximate surface area is 128 Å². The second kappa shape index (κ2) is 7.22. The molecule has 112 valence electrons. The molecule has 7 heteroatoms. The maximum absolute atomic E-state index is 13.5. The number of ether oxygens (including phenoxy) is 1. The Hall–Kier alpha value is -0.880. The van der Waals surface area contributed by atoms with Crippen LogP contribution in [-0.4, -0.2) is 24.6 Å². The molecule has 4 nitrogen and oxygen atoms in total. The number of amides is 1. The normalized spacial score (nSPS) is 23.0. The number of carbonyl (C=O) groups excluding carboxylic acids is 1. The minimum atomic E-state index is -0.580. The highest BCUT2D eigenvalue weighted by molar-refractivity contribution is 6.30. The van der Waals surface area contributed by atoms with Gasteiger partial charge in [0, 0.05) is 6.61 Å². The van der Waals surface area contributed by atoms with Gasteiger partial charge in [0.05, 0.1) is 17.1 Å². The zero-order valence-corrected chi connectivity index (χ0v) is 12.5. The number of rotatable bonds is 3. The number of benzene rings is 1. The van der Waals surface area contributed by atoms with Crippen LogP contribution in [0.15, 0.2) is 18.2 Å². The SMILES string of the molecule is CC(N)C(=O)NC1CCOC1c1ccc(Cl)c(F)c1.Cl. The van der Waals surface area contributed by atoms with Gasteiger partial charge in [-0.1, -0.05) is 17.7 Å². The Morgan fingerprint density at radius 2 is 2.30 bits per heavy atom. The van der Waals surface area contributed by atoms with Gasteiger partial charge in [-0.15, -0.1) is 12.4 Å². The minimum Gasteiger partial charge on any atom is -0.371 e. The molecule has 1 amide bonds. The zero-order valence-electron chi connectivity index (χ0n) is 10.9. The van der Waals surface area contributed by atoms with Gasteiger partial charge < -0.3 is 15.8 Å². The zero-order chi connectivity index (χ0) is 14.0. The topological polar surface area (TPSA) is 64.4 Å². The number of nitrogens with two attached hydrogens (primary N) is 1. The van der Waals surface area contributed by atoms with Crippen molar-refractivity contribution in [1.29, 1.82) is 0 Å². The molecule has 3 unspecified atom stereocenters. The summed E-state index contributed by atoms with van der Waals surface area (Å²) < 4.78 is 19.0. The molecule has 1 saturated heterocycles. The van der Waals surface area contributed by atoms with Crippen LogP contribution in [0.3, 0.4) is 0 Å². The van der Waals surface area contributed by atoms with E-state index in [1.807, 2.05) is 0 Å². The van der Waals surface area contributed by atoms with Crippen LogP contribution in [0.4, 0.5) is 4.39 Å². The Morgan fingerprint density at radius 3 is 2.90 bits per heavy atom. The summed E-state index contributed by atoms with van der Waals surface area (Å²) in [5.74, 6) is -0.734. The molecular weight excluding hydrogens is 306 g/mol. The summed E-state index contributed by atoms with van der Waals surface area (Å²) in [6.07, 6.45) is 0.308. The summed E-state index contributed by atoms with van der Waals surface area (Å²) in [5.41, 5.74) is 6.17. The van der Waals surface area contributed by atoms with Crippen molar-refractivity contribution in [3.05, 3.63) is 34.6 Å². The number of carbonyl (C=O) groups is 1. The van der Waals surface area contributed by atoms with Gasteiger partial charge in [0.25, 0.3) is 0 Å². The molecular formula is C13H17Cl2FN2O2. The van der Waals surface area contributed by atoms with Crippen molar-refractivity contribution in [2.75, 3.05) is 6.61 Å². The molecule has 0 spiro atoms. The molecule has 1 aromatic carbocycles. The lowest BCUT2D eigenvalue weighted by Crippen LogP contribution is -2.44. The van der Waals surface area contributed by atoms with E-state index in [0.29, 0.717) is 18.6 Å². The maximum Gasteiger partial charge on any atom is 0.236 e. The van der Waals surface area contributed by atoms with E-state index in [9.17, 15) is 9.18 Å². The van der Waals surface area contributed by atoms with E-state index in [2.05, 4.69) is 5.32 Å². The van der Waals surface area contributed by atoms with Crippen molar-refractivity contribution in [1.82, 2.24) is 5.32 Å². The monoisotopic (exact) mass is 322 g/mol. The van der Waals surface area contributed by atoms with Gasteiger partial charge in [0.15, 0.2) is 0 Å². The van der Waals surface area contributed by atoms with Crippen molar-refractivity contribution >= 4 is 29.9 Å². The van der Waals surface area contributed by atoms with Crippen molar-refractivity contribution in [2.45, 2.75) is 31.5 Å². The fraction of sp³-hybridized carbons (Fsp3) is 0.462. The highest BCUT2D eigenvalue weighted by Crippen LogP contribution is 2.31. The minimum absolute atomic E-state index is 0. The maximum atomic E-state index is 13.5. The van der Waals surface area contributed by atoms with E-state index in [4.69, 9.17) is 22.1 Å². The first-order valence-electron chi connectivity index (χ1n) is 6.11. The summed E-state index contributed by atoms with van der Waals surface area (Å²) in [6, 6.07) is 3.75. The molecule has 1 heterocycles. The lowest BCUT2D eigenvalue weighted by Gasteiger charge is -2.21. The van der Waals surface area contributed by atoms with Crippen molar-refractivity contribution in [3.8, 4) is 0 Å². The lowest BCUT2D eigenvalue weighted by atomic mass is 10.0. The van der Waals surface area contributed by atoms with Crippen LogP contribution in [-0.2, 0) is 9.53 Å². The first kappa shape index (κ1) is 17.2. The summed E-state index contributed by atoms with van der Waals surface area (Å²) in [5, 5.41) is 2.88.